The Morgan fingerprint density at radius 2 is 1.89 bits per heavy atom. The van der Waals surface area contributed by atoms with Crippen LogP contribution in [0, 0.1) is 6.92 Å². The summed E-state index contributed by atoms with van der Waals surface area (Å²) >= 11 is 0. The van der Waals surface area contributed by atoms with E-state index in [1.165, 1.54) is 13.0 Å². The predicted molar refractivity (Wildman–Crippen MR) is 69.2 cm³/mol. The first-order valence-electron chi connectivity index (χ1n) is 6.56. The number of hydrogen-bond acceptors (Lipinski definition) is 2. The van der Waals surface area contributed by atoms with E-state index in [0.717, 1.165) is 38.3 Å². The van der Waals surface area contributed by atoms with E-state index in [-0.39, 0.29) is 0 Å². The second kappa shape index (κ2) is 5.92. The van der Waals surface area contributed by atoms with Crippen LogP contribution in [0.3, 0.4) is 0 Å². The fourth-order valence-corrected chi connectivity index (χ4v) is 2.35. The standard InChI is InChI=1S/C14H19F3N2/c1-11-2-3-12(10-13(11)14(15,16)17)4-7-19-8-5-18-6-9-19/h2-3,10,18H,4-9H2,1H3. The SMILES string of the molecule is Cc1ccc(CCN2CCNCC2)cc1C(F)(F)F. The van der Waals surface area contributed by atoms with Crippen molar-refractivity contribution in [2.75, 3.05) is 32.7 Å². The van der Waals surface area contributed by atoms with Crippen molar-refractivity contribution in [3.8, 4) is 0 Å². The average molecular weight is 272 g/mol. The lowest BCUT2D eigenvalue weighted by molar-refractivity contribution is -0.138. The van der Waals surface area contributed by atoms with Crippen LogP contribution in [0.1, 0.15) is 16.7 Å². The van der Waals surface area contributed by atoms with Gasteiger partial charge in [0.2, 0.25) is 0 Å². The number of rotatable bonds is 3. The molecule has 2 rings (SSSR count). The molecule has 0 saturated carbocycles. The molecule has 5 heteroatoms. The molecule has 1 aromatic rings. The molecule has 1 fully saturated rings. The fourth-order valence-electron chi connectivity index (χ4n) is 2.35. The quantitative estimate of drug-likeness (QED) is 0.909. The van der Waals surface area contributed by atoms with E-state index in [9.17, 15) is 13.2 Å². The van der Waals surface area contributed by atoms with Gasteiger partial charge in [0, 0.05) is 32.7 Å². The number of nitrogens with zero attached hydrogens (tertiary/aromatic N) is 1. The Hall–Kier alpha value is -1.07. The molecular weight excluding hydrogens is 253 g/mol. The molecule has 2 nitrogen and oxygen atoms in total. The molecule has 0 aliphatic carbocycles. The Bertz CT molecular complexity index is 423. The zero-order chi connectivity index (χ0) is 13.9. The van der Waals surface area contributed by atoms with Crippen LogP contribution in [0.4, 0.5) is 13.2 Å². The number of piperazine rings is 1. The van der Waals surface area contributed by atoms with E-state index in [1.54, 1.807) is 12.1 Å². The molecule has 0 amide bonds. The van der Waals surface area contributed by atoms with Crippen LogP contribution in [0.2, 0.25) is 0 Å². The van der Waals surface area contributed by atoms with Gasteiger partial charge in [0.15, 0.2) is 0 Å². The van der Waals surface area contributed by atoms with Gasteiger partial charge in [0.25, 0.3) is 0 Å². The van der Waals surface area contributed by atoms with Gasteiger partial charge in [-0.05, 0) is 30.5 Å². The van der Waals surface area contributed by atoms with Crippen LogP contribution in [0.5, 0.6) is 0 Å². The van der Waals surface area contributed by atoms with Crippen molar-refractivity contribution < 1.29 is 13.2 Å². The molecule has 0 aromatic heterocycles. The third-order valence-corrected chi connectivity index (χ3v) is 3.53. The van der Waals surface area contributed by atoms with E-state index in [2.05, 4.69) is 10.2 Å². The van der Waals surface area contributed by atoms with Gasteiger partial charge in [-0.2, -0.15) is 13.2 Å². The highest BCUT2D eigenvalue weighted by Gasteiger charge is 2.32. The largest absolute Gasteiger partial charge is 0.416 e. The number of halogens is 3. The van der Waals surface area contributed by atoms with Crippen LogP contribution in [0.15, 0.2) is 18.2 Å². The van der Waals surface area contributed by atoms with Crippen molar-refractivity contribution in [2.24, 2.45) is 0 Å². The maximum Gasteiger partial charge on any atom is 0.416 e. The van der Waals surface area contributed by atoms with Crippen molar-refractivity contribution in [3.63, 3.8) is 0 Å². The monoisotopic (exact) mass is 272 g/mol. The Kier molecular flexibility index (Phi) is 4.47. The van der Waals surface area contributed by atoms with E-state index in [0.29, 0.717) is 12.0 Å². The Balaban J connectivity index is 2.00. The highest BCUT2D eigenvalue weighted by Crippen LogP contribution is 2.32. The first kappa shape index (κ1) is 14.3. The molecule has 19 heavy (non-hydrogen) atoms. The predicted octanol–water partition coefficient (Wildman–Crippen LogP) is 2.46. The summed E-state index contributed by atoms with van der Waals surface area (Å²) in [4.78, 5) is 2.28. The second-order valence-corrected chi connectivity index (χ2v) is 4.99. The molecular formula is C14H19F3N2. The molecule has 0 radical (unpaired) electrons. The summed E-state index contributed by atoms with van der Waals surface area (Å²) in [7, 11) is 0. The van der Waals surface area contributed by atoms with E-state index in [1.807, 2.05) is 0 Å². The molecule has 0 atom stereocenters. The third kappa shape index (κ3) is 3.94. The molecule has 1 N–H and O–H groups in total. The molecule has 1 aromatic carbocycles. The summed E-state index contributed by atoms with van der Waals surface area (Å²) in [5.41, 5.74) is 0.542. The van der Waals surface area contributed by atoms with Crippen molar-refractivity contribution in [1.82, 2.24) is 10.2 Å². The zero-order valence-corrected chi connectivity index (χ0v) is 11.1. The Morgan fingerprint density at radius 1 is 1.21 bits per heavy atom. The fraction of sp³-hybridized carbons (Fsp3) is 0.571. The summed E-state index contributed by atoms with van der Waals surface area (Å²) in [5, 5.41) is 3.26. The lowest BCUT2D eigenvalue weighted by Gasteiger charge is -2.27. The summed E-state index contributed by atoms with van der Waals surface area (Å²) in [6.07, 6.45) is -3.58. The minimum Gasteiger partial charge on any atom is -0.314 e. The third-order valence-electron chi connectivity index (χ3n) is 3.53. The molecule has 0 bridgehead atoms. The van der Waals surface area contributed by atoms with Gasteiger partial charge in [-0.1, -0.05) is 12.1 Å². The average Bonchev–Trinajstić information content (AvgIpc) is 2.37. The van der Waals surface area contributed by atoms with Gasteiger partial charge < -0.3 is 10.2 Å². The van der Waals surface area contributed by atoms with Gasteiger partial charge >= 0.3 is 6.18 Å². The highest BCUT2D eigenvalue weighted by atomic mass is 19.4. The van der Waals surface area contributed by atoms with Gasteiger partial charge in [0.05, 0.1) is 5.56 Å². The first-order valence-corrected chi connectivity index (χ1v) is 6.56. The van der Waals surface area contributed by atoms with Crippen molar-refractivity contribution in [1.29, 1.82) is 0 Å². The van der Waals surface area contributed by atoms with Gasteiger partial charge in [0.1, 0.15) is 0 Å². The molecule has 0 spiro atoms. The van der Waals surface area contributed by atoms with Crippen molar-refractivity contribution >= 4 is 0 Å². The van der Waals surface area contributed by atoms with Crippen LogP contribution in [-0.2, 0) is 12.6 Å². The topological polar surface area (TPSA) is 15.3 Å². The van der Waals surface area contributed by atoms with Gasteiger partial charge in [-0.3, -0.25) is 0 Å². The van der Waals surface area contributed by atoms with Crippen LogP contribution >= 0.6 is 0 Å². The van der Waals surface area contributed by atoms with Crippen LogP contribution in [0.25, 0.3) is 0 Å². The summed E-state index contributed by atoms with van der Waals surface area (Å²) in [6, 6.07) is 4.65. The minimum atomic E-state index is -4.25. The summed E-state index contributed by atoms with van der Waals surface area (Å²) in [5.74, 6) is 0. The molecule has 106 valence electrons. The van der Waals surface area contributed by atoms with Gasteiger partial charge in [-0.15, -0.1) is 0 Å². The molecule has 1 heterocycles. The zero-order valence-electron chi connectivity index (χ0n) is 11.1. The molecule has 1 aliphatic heterocycles. The maximum atomic E-state index is 12.8. The normalized spacial score (nSPS) is 17.7. The number of nitrogens with one attached hydrogen (secondary N) is 1. The first-order chi connectivity index (χ1) is 8.97. The van der Waals surface area contributed by atoms with E-state index >= 15 is 0 Å². The number of aryl methyl sites for hydroxylation is 1. The lowest BCUT2D eigenvalue weighted by Crippen LogP contribution is -2.44. The molecule has 1 aliphatic rings. The minimum absolute atomic E-state index is 0.290. The molecule has 1 saturated heterocycles. The number of benzene rings is 1. The number of alkyl halides is 3. The van der Waals surface area contributed by atoms with Crippen molar-refractivity contribution in [2.45, 2.75) is 19.5 Å². The second-order valence-electron chi connectivity index (χ2n) is 4.99. The van der Waals surface area contributed by atoms with Gasteiger partial charge in [-0.25, -0.2) is 0 Å². The maximum absolute atomic E-state index is 12.8. The van der Waals surface area contributed by atoms with E-state index < -0.39 is 11.7 Å². The highest BCUT2D eigenvalue weighted by molar-refractivity contribution is 5.33. The summed E-state index contributed by atoms with van der Waals surface area (Å²) in [6.45, 7) is 6.18. The summed E-state index contributed by atoms with van der Waals surface area (Å²) < 4.78 is 38.4. The smallest absolute Gasteiger partial charge is 0.314 e. The Labute approximate surface area is 111 Å². The van der Waals surface area contributed by atoms with Crippen molar-refractivity contribution in [3.05, 3.63) is 34.9 Å². The van der Waals surface area contributed by atoms with E-state index in [4.69, 9.17) is 0 Å². The van der Waals surface area contributed by atoms with Crippen LogP contribution < -0.4 is 5.32 Å². The Morgan fingerprint density at radius 3 is 2.53 bits per heavy atom. The molecule has 0 unspecified atom stereocenters. The van der Waals surface area contributed by atoms with Crippen LogP contribution in [-0.4, -0.2) is 37.6 Å². The lowest BCUT2D eigenvalue weighted by atomic mass is 10.0. The number of hydrogen-bond donors (Lipinski definition) is 1.